The van der Waals surface area contributed by atoms with Crippen molar-refractivity contribution in [1.29, 1.82) is 0 Å². The van der Waals surface area contributed by atoms with Gasteiger partial charge in [-0.15, -0.1) is 0 Å². The second-order valence-electron chi connectivity index (χ2n) is 9.04. The minimum atomic E-state index is -0.838. The molecule has 0 aliphatic rings. The Kier molecular flexibility index (Phi) is 9.01. The Hall–Kier alpha value is -3.67. The quantitative estimate of drug-likeness (QED) is 0.449. The summed E-state index contributed by atoms with van der Waals surface area (Å²) in [5.41, 5.74) is 3.24. The number of halogens is 1. The molecule has 0 saturated heterocycles. The Labute approximate surface area is 206 Å². The summed E-state index contributed by atoms with van der Waals surface area (Å²) in [4.78, 5) is 28.3. The third-order valence-corrected chi connectivity index (χ3v) is 5.68. The molecule has 0 unspecified atom stereocenters. The van der Waals surface area contributed by atoms with Crippen molar-refractivity contribution in [2.75, 3.05) is 6.61 Å². The first-order chi connectivity index (χ1) is 16.7. The molecule has 1 atom stereocenters. The number of ether oxygens (including phenoxy) is 1. The summed E-state index contributed by atoms with van der Waals surface area (Å²) in [6, 6.07) is 20.5. The van der Waals surface area contributed by atoms with E-state index >= 15 is 0 Å². The number of nitrogens with one attached hydrogen (secondary N) is 1. The fourth-order valence-electron chi connectivity index (χ4n) is 3.93. The Morgan fingerprint density at radius 1 is 0.971 bits per heavy atom. The van der Waals surface area contributed by atoms with E-state index in [-0.39, 0.29) is 25.1 Å². The van der Waals surface area contributed by atoms with E-state index in [0.717, 1.165) is 16.7 Å². The lowest BCUT2D eigenvalue weighted by Gasteiger charge is -2.32. The van der Waals surface area contributed by atoms with Gasteiger partial charge in [-0.2, -0.15) is 0 Å². The number of amides is 2. The van der Waals surface area contributed by atoms with E-state index in [9.17, 15) is 14.0 Å². The lowest BCUT2D eigenvalue weighted by molar-refractivity contribution is -0.143. The van der Waals surface area contributed by atoms with Crippen LogP contribution in [0.15, 0.2) is 72.8 Å². The van der Waals surface area contributed by atoms with E-state index in [4.69, 9.17) is 4.74 Å². The molecular formula is C29H33FN2O3. The number of hydrogen-bond donors (Lipinski definition) is 1. The number of nitrogens with zero attached hydrogens (tertiary/aromatic N) is 1. The molecule has 1 N–H and O–H groups in total. The van der Waals surface area contributed by atoms with Gasteiger partial charge in [0.1, 0.15) is 17.6 Å². The molecule has 0 aliphatic carbocycles. The number of carbonyl (C=O) groups excluding carboxylic acids is 2. The molecule has 35 heavy (non-hydrogen) atoms. The summed E-state index contributed by atoms with van der Waals surface area (Å²) in [7, 11) is 0. The van der Waals surface area contributed by atoms with Gasteiger partial charge in [-0.3, -0.25) is 9.59 Å². The first kappa shape index (κ1) is 25.9. The van der Waals surface area contributed by atoms with Gasteiger partial charge in [0.05, 0.1) is 0 Å². The smallest absolute Gasteiger partial charge is 0.261 e. The maximum Gasteiger partial charge on any atom is 0.261 e. The average molecular weight is 477 g/mol. The van der Waals surface area contributed by atoms with Crippen LogP contribution in [0.4, 0.5) is 4.39 Å². The van der Waals surface area contributed by atoms with Crippen molar-refractivity contribution in [2.24, 2.45) is 0 Å². The number of carbonyl (C=O) groups is 2. The van der Waals surface area contributed by atoms with Gasteiger partial charge in [-0.05, 0) is 51.0 Å². The highest BCUT2D eigenvalue weighted by atomic mass is 19.1. The fourth-order valence-corrected chi connectivity index (χ4v) is 3.93. The van der Waals surface area contributed by atoms with Crippen LogP contribution >= 0.6 is 0 Å². The van der Waals surface area contributed by atoms with Crippen molar-refractivity contribution in [3.63, 3.8) is 0 Å². The largest absolute Gasteiger partial charge is 0.483 e. The molecule has 0 heterocycles. The van der Waals surface area contributed by atoms with E-state index in [1.165, 1.54) is 11.0 Å². The second kappa shape index (κ2) is 12.2. The molecule has 3 rings (SSSR count). The van der Waals surface area contributed by atoms with Gasteiger partial charge >= 0.3 is 0 Å². The van der Waals surface area contributed by atoms with Crippen LogP contribution in [0, 0.1) is 19.7 Å². The fraction of sp³-hybridized carbons (Fsp3) is 0.310. The van der Waals surface area contributed by atoms with Crippen molar-refractivity contribution in [3.05, 3.63) is 101 Å². The van der Waals surface area contributed by atoms with Crippen LogP contribution in [0.3, 0.4) is 0 Å². The molecular weight excluding hydrogens is 443 g/mol. The van der Waals surface area contributed by atoms with E-state index in [1.807, 2.05) is 76.2 Å². The van der Waals surface area contributed by atoms with Crippen LogP contribution in [0.2, 0.25) is 0 Å². The summed E-state index contributed by atoms with van der Waals surface area (Å²) in [6.07, 6.45) is 0.295. The number of hydrogen-bond acceptors (Lipinski definition) is 3. The van der Waals surface area contributed by atoms with Crippen molar-refractivity contribution < 1.29 is 18.7 Å². The zero-order valence-electron chi connectivity index (χ0n) is 20.8. The second-order valence-corrected chi connectivity index (χ2v) is 9.04. The van der Waals surface area contributed by atoms with Crippen LogP contribution in [-0.2, 0) is 22.6 Å². The highest BCUT2D eigenvalue weighted by Crippen LogP contribution is 2.20. The van der Waals surface area contributed by atoms with Crippen LogP contribution < -0.4 is 10.1 Å². The molecule has 0 aliphatic heterocycles. The highest BCUT2D eigenvalue weighted by Gasteiger charge is 2.31. The van der Waals surface area contributed by atoms with Gasteiger partial charge in [-0.1, -0.05) is 66.2 Å². The Morgan fingerprint density at radius 3 is 2.31 bits per heavy atom. The van der Waals surface area contributed by atoms with Crippen LogP contribution in [0.5, 0.6) is 5.75 Å². The van der Waals surface area contributed by atoms with Gasteiger partial charge < -0.3 is 15.0 Å². The third-order valence-electron chi connectivity index (χ3n) is 5.68. The Balaban J connectivity index is 1.93. The lowest BCUT2D eigenvalue weighted by Crippen LogP contribution is -2.53. The molecule has 5 nitrogen and oxygen atoms in total. The Bertz CT molecular complexity index is 1150. The lowest BCUT2D eigenvalue weighted by atomic mass is 10.0. The van der Waals surface area contributed by atoms with Gasteiger partial charge in [0, 0.05) is 24.6 Å². The first-order valence-corrected chi connectivity index (χ1v) is 11.8. The van der Waals surface area contributed by atoms with Gasteiger partial charge in [-0.25, -0.2) is 4.39 Å². The molecule has 184 valence electrons. The number of aryl methyl sites for hydroxylation is 2. The van der Waals surface area contributed by atoms with E-state index in [2.05, 4.69) is 5.32 Å². The van der Waals surface area contributed by atoms with Crippen molar-refractivity contribution in [2.45, 2.75) is 52.7 Å². The molecule has 3 aromatic rings. The summed E-state index contributed by atoms with van der Waals surface area (Å²) < 4.78 is 20.4. The standard InChI is InChI=1S/C29H33FN2O3/c1-20(2)31-29(34)26(17-23-10-6-5-7-11-23)32(18-24-12-8-9-13-25(24)30)28(33)19-35-27-15-14-21(3)16-22(27)4/h5-16,20,26H,17-19H2,1-4H3,(H,31,34)/t26-/m1/s1. The predicted molar refractivity (Wildman–Crippen MR) is 136 cm³/mol. The highest BCUT2D eigenvalue weighted by molar-refractivity contribution is 5.88. The summed E-state index contributed by atoms with van der Waals surface area (Å²) >= 11 is 0. The molecule has 0 saturated carbocycles. The molecule has 0 radical (unpaired) electrons. The molecule has 0 aromatic heterocycles. The molecule has 2 amide bonds. The molecule has 3 aromatic carbocycles. The maximum atomic E-state index is 14.6. The molecule has 6 heteroatoms. The minimum Gasteiger partial charge on any atom is -0.483 e. The van der Waals surface area contributed by atoms with Crippen molar-refractivity contribution in [3.8, 4) is 5.75 Å². The normalized spacial score (nSPS) is 11.7. The topological polar surface area (TPSA) is 58.6 Å². The zero-order chi connectivity index (χ0) is 25.4. The third kappa shape index (κ3) is 7.41. The van der Waals surface area contributed by atoms with Crippen molar-refractivity contribution >= 4 is 11.8 Å². The first-order valence-electron chi connectivity index (χ1n) is 11.8. The summed E-state index contributed by atoms with van der Waals surface area (Å²) in [6.45, 7) is 7.31. The van der Waals surface area contributed by atoms with Gasteiger partial charge in [0.25, 0.3) is 5.91 Å². The van der Waals surface area contributed by atoms with E-state index < -0.39 is 17.8 Å². The molecule has 0 bridgehead atoms. The summed E-state index contributed by atoms with van der Waals surface area (Å²) in [5.74, 6) is -0.516. The van der Waals surface area contributed by atoms with Crippen LogP contribution in [0.25, 0.3) is 0 Å². The maximum absolute atomic E-state index is 14.6. The average Bonchev–Trinajstić information content (AvgIpc) is 2.82. The number of benzene rings is 3. The zero-order valence-corrected chi connectivity index (χ0v) is 20.8. The van der Waals surface area contributed by atoms with Crippen LogP contribution in [0.1, 0.15) is 36.1 Å². The predicted octanol–water partition coefficient (Wildman–Crippen LogP) is 4.99. The SMILES string of the molecule is Cc1ccc(OCC(=O)N(Cc2ccccc2F)[C@H](Cc2ccccc2)C(=O)NC(C)C)c(C)c1. The van der Waals surface area contributed by atoms with Crippen LogP contribution in [-0.4, -0.2) is 35.4 Å². The number of rotatable bonds is 10. The summed E-state index contributed by atoms with van der Waals surface area (Å²) in [5, 5.41) is 2.92. The molecule has 0 fully saturated rings. The van der Waals surface area contributed by atoms with Gasteiger partial charge in [0.15, 0.2) is 6.61 Å². The van der Waals surface area contributed by atoms with Crippen molar-refractivity contribution in [1.82, 2.24) is 10.2 Å². The minimum absolute atomic E-state index is 0.0508. The van der Waals surface area contributed by atoms with E-state index in [0.29, 0.717) is 17.7 Å². The Morgan fingerprint density at radius 2 is 1.66 bits per heavy atom. The van der Waals surface area contributed by atoms with Gasteiger partial charge in [0.2, 0.25) is 5.91 Å². The van der Waals surface area contributed by atoms with E-state index in [1.54, 1.807) is 18.2 Å². The monoisotopic (exact) mass is 476 g/mol. The molecule has 0 spiro atoms.